The molecule has 0 radical (unpaired) electrons. The van der Waals surface area contributed by atoms with Crippen molar-refractivity contribution in [3.8, 4) is 10.6 Å². The van der Waals surface area contributed by atoms with E-state index in [9.17, 15) is 13.2 Å². The van der Waals surface area contributed by atoms with Gasteiger partial charge in [0, 0.05) is 19.6 Å². The van der Waals surface area contributed by atoms with Crippen LogP contribution in [0.5, 0.6) is 0 Å². The van der Waals surface area contributed by atoms with Gasteiger partial charge in [0.05, 0.1) is 31.9 Å². The van der Waals surface area contributed by atoms with E-state index >= 15 is 0 Å². The predicted molar refractivity (Wildman–Crippen MR) is 93.8 cm³/mol. The molecular formula is C14H17ClN4O3S2. The molecule has 130 valence electrons. The van der Waals surface area contributed by atoms with Crippen LogP contribution in [0, 0.1) is 0 Å². The van der Waals surface area contributed by atoms with E-state index in [-0.39, 0.29) is 12.5 Å². The molecule has 1 aliphatic heterocycles. The van der Waals surface area contributed by atoms with Crippen molar-refractivity contribution in [3.63, 3.8) is 0 Å². The van der Waals surface area contributed by atoms with Crippen molar-refractivity contribution >= 4 is 38.9 Å². The van der Waals surface area contributed by atoms with Gasteiger partial charge in [0.15, 0.2) is 0 Å². The zero-order valence-electron chi connectivity index (χ0n) is 13.0. The van der Waals surface area contributed by atoms with Crippen LogP contribution in [0.1, 0.15) is 23.7 Å². The molecule has 1 fully saturated rings. The lowest BCUT2D eigenvalue weighted by Crippen LogP contribution is -2.37. The number of rotatable bonds is 5. The molecule has 24 heavy (non-hydrogen) atoms. The van der Waals surface area contributed by atoms with Crippen molar-refractivity contribution in [2.75, 3.05) is 19.6 Å². The van der Waals surface area contributed by atoms with Gasteiger partial charge in [0.1, 0.15) is 0 Å². The van der Waals surface area contributed by atoms with Crippen LogP contribution >= 0.6 is 22.9 Å². The zero-order chi connectivity index (χ0) is 17.3. The van der Waals surface area contributed by atoms with Crippen LogP contribution in [0.2, 0.25) is 4.34 Å². The smallest absolute Gasteiger partial charge is 0.257 e. The molecule has 1 atom stereocenters. The van der Waals surface area contributed by atoms with Gasteiger partial charge in [-0.15, -0.1) is 11.3 Å². The number of sulfonamides is 1. The Bertz CT molecular complexity index is 846. The molecule has 2 aromatic heterocycles. The summed E-state index contributed by atoms with van der Waals surface area (Å²) >= 11 is 7.30. The number of aromatic amines is 1. The number of aromatic nitrogens is 2. The SMILES string of the molecule is CCNS(=O)(=O)C1CCN(C(=O)c2cn[nH]c2-c2ccc(Cl)s2)C1. The van der Waals surface area contributed by atoms with Crippen LogP contribution in [-0.2, 0) is 10.0 Å². The van der Waals surface area contributed by atoms with Crippen LogP contribution in [0.25, 0.3) is 10.6 Å². The molecule has 0 aliphatic carbocycles. The second-order valence-corrected chi connectivity index (χ2v) is 9.23. The highest BCUT2D eigenvalue weighted by Crippen LogP contribution is 2.32. The summed E-state index contributed by atoms with van der Waals surface area (Å²) in [5.41, 5.74) is 1.03. The van der Waals surface area contributed by atoms with E-state index in [1.807, 2.05) is 6.07 Å². The van der Waals surface area contributed by atoms with Gasteiger partial charge in [0.2, 0.25) is 10.0 Å². The number of nitrogens with one attached hydrogen (secondary N) is 2. The van der Waals surface area contributed by atoms with Gasteiger partial charge >= 0.3 is 0 Å². The number of hydrogen-bond donors (Lipinski definition) is 2. The highest BCUT2D eigenvalue weighted by Gasteiger charge is 2.36. The third-order valence-electron chi connectivity index (χ3n) is 3.91. The summed E-state index contributed by atoms with van der Waals surface area (Å²) in [6, 6.07) is 3.57. The minimum absolute atomic E-state index is 0.185. The Morgan fingerprint density at radius 3 is 3.00 bits per heavy atom. The zero-order valence-corrected chi connectivity index (χ0v) is 15.3. The van der Waals surface area contributed by atoms with Crippen molar-refractivity contribution in [1.82, 2.24) is 19.8 Å². The largest absolute Gasteiger partial charge is 0.337 e. The van der Waals surface area contributed by atoms with E-state index in [0.29, 0.717) is 35.1 Å². The van der Waals surface area contributed by atoms with E-state index in [1.54, 1.807) is 17.9 Å². The van der Waals surface area contributed by atoms with E-state index in [0.717, 1.165) is 4.88 Å². The van der Waals surface area contributed by atoms with Crippen LogP contribution in [0.15, 0.2) is 18.3 Å². The normalized spacial score (nSPS) is 18.2. The topological polar surface area (TPSA) is 95.2 Å². The Balaban J connectivity index is 1.78. The number of thiophene rings is 1. The van der Waals surface area contributed by atoms with Gasteiger partial charge in [-0.3, -0.25) is 9.89 Å². The minimum Gasteiger partial charge on any atom is -0.337 e. The summed E-state index contributed by atoms with van der Waals surface area (Å²) in [4.78, 5) is 15.1. The standard InChI is InChI=1S/C14H17ClN4O3S2/c1-2-17-24(21,22)9-5-6-19(8-9)14(20)10-7-16-18-13(10)11-3-4-12(15)23-11/h3-4,7,9,17H,2,5-6,8H2,1H3,(H,16,18). The molecule has 1 saturated heterocycles. The molecule has 0 spiro atoms. The summed E-state index contributed by atoms with van der Waals surface area (Å²) in [5.74, 6) is -0.225. The third-order valence-corrected chi connectivity index (χ3v) is 7.11. The van der Waals surface area contributed by atoms with Gasteiger partial charge in [0.25, 0.3) is 5.91 Å². The van der Waals surface area contributed by atoms with E-state index in [1.165, 1.54) is 17.5 Å². The molecule has 10 heteroatoms. The molecule has 1 amide bonds. The molecule has 0 saturated carbocycles. The fourth-order valence-corrected chi connectivity index (χ4v) is 5.22. The van der Waals surface area contributed by atoms with Gasteiger partial charge in [-0.05, 0) is 18.6 Å². The van der Waals surface area contributed by atoms with Crippen molar-refractivity contribution in [1.29, 1.82) is 0 Å². The van der Waals surface area contributed by atoms with E-state index in [2.05, 4.69) is 14.9 Å². The summed E-state index contributed by atoms with van der Waals surface area (Å²) < 4.78 is 27.3. The first-order chi connectivity index (χ1) is 11.4. The number of hydrogen-bond acceptors (Lipinski definition) is 5. The molecule has 1 unspecified atom stereocenters. The van der Waals surface area contributed by atoms with Crippen LogP contribution < -0.4 is 4.72 Å². The second-order valence-electron chi connectivity index (χ2n) is 5.47. The van der Waals surface area contributed by atoms with Crippen LogP contribution in [-0.4, -0.2) is 54.3 Å². The van der Waals surface area contributed by atoms with Crippen LogP contribution in [0.4, 0.5) is 0 Å². The van der Waals surface area contributed by atoms with Crippen molar-refractivity contribution < 1.29 is 13.2 Å². The molecule has 2 aromatic rings. The summed E-state index contributed by atoms with van der Waals surface area (Å²) in [6.45, 7) is 2.67. The first-order valence-electron chi connectivity index (χ1n) is 7.49. The molecule has 3 heterocycles. The fourth-order valence-electron chi connectivity index (χ4n) is 2.74. The second kappa shape index (κ2) is 6.83. The van der Waals surface area contributed by atoms with Crippen molar-refractivity contribution in [2.24, 2.45) is 0 Å². The first-order valence-corrected chi connectivity index (χ1v) is 10.2. The highest BCUT2D eigenvalue weighted by atomic mass is 35.5. The quantitative estimate of drug-likeness (QED) is 0.818. The summed E-state index contributed by atoms with van der Waals surface area (Å²) in [6.07, 6.45) is 1.90. The number of carbonyl (C=O) groups excluding carboxylic acids is 1. The molecule has 0 bridgehead atoms. The first kappa shape index (κ1) is 17.4. The third kappa shape index (κ3) is 3.34. The van der Waals surface area contributed by atoms with Crippen molar-refractivity contribution in [3.05, 3.63) is 28.2 Å². The Morgan fingerprint density at radius 2 is 2.33 bits per heavy atom. The molecule has 1 aliphatic rings. The average Bonchev–Trinajstić information content (AvgIpc) is 3.26. The molecule has 7 nitrogen and oxygen atoms in total. The predicted octanol–water partition coefficient (Wildman–Crippen LogP) is 1.95. The maximum absolute atomic E-state index is 12.8. The van der Waals surface area contributed by atoms with Crippen LogP contribution in [0.3, 0.4) is 0 Å². The highest BCUT2D eigenvalue weighted by molar-refractivity contribution is 7.90. The number of halogens is 1. The Hall–Kier alpha value is -1.42. The number of amides is 1. The Labute approximate surface area is 149 Å². The average molecular weight is 389 g/mol. The van der Waals surface area contributed by atoms with Gasteiger partial charge in [-0.25, -0.2) is 13.1 Å². The molecule has 3 rings (SSSR count). The van der Waals surface area contributed by atoms with E-state index in [4.69, 9.17) is 11.6 Å². The Morgan fingerprint density at radius 1 is 1.54 bits per heavy atom. The van der Waals surface area contributed by atoms with E-state index < -0.39 is 15.3 Å². The minimum atomic E-state index is -3.39. The lowest BCUT2D eigenvalue weighted by Gasteiger charge is -2.16. The number of nitrogens with zero attached hydrogens (tertiary/aromatic N) is 2. The fraction of sp³-hybridized carbons (Fsp3) is 0.429. The van der Waals surface area contributed by atoms with Crippen molar-refractivity contribution in [2.45, 2.75) is 18.6 Å². The maximum Gasteiger partial charge on any atom is 0.257 e. The monoisotopic (exact) mass is 388 g/mol. The number of likely N-dealkylation sites (tertiary alicyclic amines) is 1. The number of H-pyrrole nitrogens is 1. The molecule has 2 N–H and O–H groups in total. The summed E-state index contributed by atoms with van der Waals surface area (Å²) in [7, 11) is -3.39. The van der Waals surface area contributed by atoms with Gasteiger partial charge in [-0.2, -0.15) is 5.10 Å². The Kier molecular flexibility index (Phi) is 4.95. The lowest BCUT2D eigenvalue weighted by atomic mass is 10.2. The molecule has 0 aromatic carbocycles. The maximum atomic E-state index is 12.8. The van der Waals surface area contributed by atoms with Gasteiger partial charge < -0.3 is 4.90 Å². The lowest BCUT2D eigenvalue weighted by molar-refractivity contribution is 0.0794. The van der Waals surface area contributed by atoms with Gasteiger partial charge in [-0.1, -0.05) is 18.5 Å². The number of carbonyl (C=O) groups is 1. The summed E-state index contributed by atoms with van der Waals surface area (Å²) in [5, 5.41) is 6.21. The molecular weight excluding hydrogens is 372 g/mol.